The number of carboxylic acids is 1. The Morgan fingerprint density at radius 2 is 1.60 bits per heavy atom. The number of nitrogens with zero attached hydrogens (tertiary/aromatic N) is 4. The van der Waals surface area contributed by atoms with E-state index in [0.29, 0.717) is 46.8 Å². The molecule has 1 atom stereocenters. The fourth-order valence-corrected chi connectivity index (χ4v) is 3.54. The van der Waals surface area contributed by atoms with Crippen molar-refractivity contribution in [2.24, 2.45) is 0 Å². The van der Waals surface area contributed by atoms with Gasteiger partial charge in [0.15, 0.2) is 11.5 Å². The molecule has 0 aliphatic rings. The second-order valence-electron chi connectivity index (χ2n) is 8.72. The number of aromatic nitrogens is 4. The maximum Gasteiger partial charge on any atom is 0.490 e. The van der Waals surface area contributed by atoms with Crippen LogP contribution in [-0.2, 0) is 4.79 Å². The number of alkyl halides is 3. The van der Waals surface area contributed by atoms with E-state index < -0.39 is 12.1 Å². The van der Waals surface area contributed by atoms with Gasteiger partial charge in [0.2, 0.25) is 17.8 Å². The molecule has 0 radical (unpaired) electrons. The number of aliphatic hydroxyl groups excluding tert-OH is 1. The first-order valence-electron chi connectivity index (χ1n) is 12.3. The molecule has 13 nitrogen and oxygen atoms in total. The molecule has 2 heterocycles. The molecule has 5 N–H and O–H groups in total. The number of aromatic hydroxyl groups is 1. The molecule has 226 valence electrons. The Kier molecular flexibility index (Phi) is 10.4. The zero-order valence-corrected chi connectivity index (χ0v) is 23.0. The fraction of sp³-hybridized carbons (Fsp3) is 0.346. The third kappa shape index (κ3) is 8.17. The number of nitrogens with one attached hydrogen (secondary N) is 2. The van der Waals surface area contributed by atoms with E-state index in [0.717, 1.165) is 11.1 Å². The van der Waals surface area contributed by atoms with Gasteiger partial charge in [-0.25, -0.2) is 19.7 Å². The molecular weight excluding hydrogens is 565 g/mol. The van der Waals surface area contributed by atoms with Crippen LogP contribution >= 0.6 is 0 Å². The van der Waals surface area contributed by atoms with Crippen LogP contribution in [0.5, 0.6) is 23.1 Å². The van der Waals surface area contributed by atoms with E-state index in [2.05, 4.69) is 30.6 Å². The predicted molar refractivity (Wildman–Crippen MR) is 146 cm³/mol. The summed E-state index contributed by atoms with van der Waals surface area (Å²) in [5.41, 5.74) is 1.92. The molecule has 0 bridgehead atoms. The number of ether oxygens (including phenoxy) is 3. The summed E-state index contributed by atoms with van der Waals surface area (Å²) in [6, 6.07) is 8.79. The molecule has 0 spiro atoms. The van der Waals surface area contributed by atoms with E-state index >= 15 is 0 Å². The number of rotatable bonds is 10. The third-order valence-corrected chi connectivity index (χ3v) is 5.64. The van der Waals surface area contributed by atoms with Crippen LogP contribution in [0.15, 0.2) is 30.3 Å². The van der Waals surface area contributed by atoms with Gasteiger partial charge in [-0.3, -0.25) is 5.32 Å². The van der Waals surface area contributed by atoms with Crippen molar-refractivity contribution in [2.45, 2.75) is 26.1 Å². The van der Waals surface area contributed by atoms with Gasteiger partial charge in [-0.05, 0) is 38.1 Å². The highest BCUT2D eigenvalue weighted by atomic mass is 19.4. The lowest BCUT2D eigenvalue weighted by Crippen LogP contribution is -2.32. The molecule has 0 fully saturated rings. The van der Waals surface area contributed by atoms with Gasteiger partial charge in [0, 0.05) is 24.0 Å². The first-order chi connectivity index (χ1) is 19.9. The summed E-state index contributed by atoms with van der Waals surface area (Å²) in [6.07, 6.45) is -5.08. The van der Waals surface area contributed by atoms with Gasteiger partial charge in [-0.2, -0.15) is 18.2 Å². The average Bonchev–Trinajstić information content (AvgIpc) is 2.94. The van der Waals surface area contributed by atoms with Gasteiger partial charge in [0.1, 0.15) is 12.4 Å². The number of aliphatic hydroxyl groups is 1. The van der Waals surface area contributed by atoms with Gasteiger partial charge in [-0.1, -0.05) is 0 Å². The molecule has 16 heteroatoms. The Hall–Kier alpha value is -4.70. The van der Waals surface area contributed by atoms with Crippen molar-refractivity contribution < 1.29 is 47.5 Å². The quantitative estimate of drug-likeness (QED) is 0.169. The molecular formula is C26H29F3N6O7. The highest BCUT2D eigenvalue weighted by Crippen LogP contribution is 2.33. The molecule has 2 aromatic carbocycles. The Morgan fingerprint density at radius 3 is 2.21 bits per heavy atom. The predicted octanol–water partition coefficient (Wildman–Crippen LogP) is 3.33. The highest BCUT2D eigenvalue weighted by Gasteiger charge is 2.38. The summed E-state index contributed by atoms with van der Waals surface area (Å²) in [5.74, 6) is -0.787. The molecule has 0 aliphatic heterocycles. The minimum atomic E-state index is -5.08. The van der Waals surface area contributed by atoms with Crippen molar-refractivity contribution in [1.82, 2.24) is 25.3 Å². The van der Waals surface area contributed by atoms with Gasteiger partial charge in [0.25, 0.3) is 0 Å². The monoisotopic (exact) mass is 594 g/mol. The van der Waals surface area contributed by atoms with Crippen LogP contribution in [0, 0.1) is 6.92 Å². The van der Waals surface area contributed by atoms with Crippen molar-refractivity contribution in [3.8, 4) is 23.1 Å². The Bertz CT molecular complexity index is 1560. The number of benzene rings is 2. The molecule has 1 unspecified atom stereocenters. The molecule has 42 heavy (non-hydrogen) atoms. The van der Waals surface area contributed by atoms with Crippen molar-refractivity contribution in [3.63, 3.8) is 0 Å². The SMILES string of the molecule is COc1cc2nc(Nc3nc(O)c4cc(OCCNC(C)CO)ccc4n3)nc(C)c2cc1OC.O=C(O)C(F)(F)F. The number of halogens is 3. The summed E-state index contributed by atoms with van der Waals surface area (Å²) in [6.45, 7) is 4.79. The normalized spacial score (nSPS) is 11.9. The molecule has 0 saturated carbocycles. The highest BCUT2D eigenvalue weighted by molar-refractivity contribution is 5.87. The number of hydrogen-bond acceptors (Lipinski definition) is 12. The Labute approximate surface area is 237 Å². The van der Waals surface area contributed by atoms with Crippen LogP contribution in [0.2, 0.25) is 0 Å². The van der Waals surface area contributed by atoms with E-state index in [9.17, 15) is 18.3 Å². The van der Waals surface area contributed by atoms with E-state index in [-0.39, 0.29) is 30.4 Å². The molecule has 0 saturated heterocycles. The van der Waals surface area contributed by atoms with E-state index in [4.69, 9.17) is 29.2 Å². The number of aliphatic carboxylic acids is 1. The third-order valence-electron chi connectivity index (χ3n) is 5.64. The minimum absolute atomic E-state index is 0.00111. The summed E-state index contributed by atoms with van der Waals surface area (Å²) in [7, 11) is 3.14. The maximum atomic E-state index is 10.6. The molecule has 4 aromatic rings. The second kappa shape index (κ2) is 13.8. The minimum Gasteiger partial charge on any atom is -0.493 e. The molecule has 4 rings (SSSR count). The van der Waals surface area contributed by atoms with E-state index in [1.54, 1.807) is 38.5 Å². The number of hydrogen-bond donors (Lipinski definition) is 5. The van der Waals surface area contributed by atoms with Crippen LogP contribution in [0.3, 0.4) is 0 Å². The Balaban J connectivity index is 0.000000616. The van der Waals surface area contributed by atoms with Gasteiger partial charge in [0.05, 0.1) is 42.9 Å². The summed E-state index contributed by atoms with van der Waals surface area (Å²) in [5, 5.41) is 34.1. The number of anilines is 2. The van der Waals surface area contributed by atoms with Crippen LogP contribution in [0.25, 0.3) is 21.8 Å². The summed E-state index contributed by atoms with van der Waals surface area (Å²) in [4.78, 5) is 26.5. The first-order valence-corrected chi connectivity index (χ1v) is 12.3. The standard InChI is InChI=1S/C24H28N6O5.C2HF3O2/c1-13(12-31)25-7-8-35-15-5-6-18-17(9-15)22(32)29-24(27-18)30-23-26-14(2)16-10-20(33-3)21(34-4)11-19(16)28-23;3-2(4,5)1(6)7/h5-6,9-11,13,25,31H,7-8,12H2,1-4H3,(H2,26,27,28,29,30,32);(H,6,7). The number of fused-ring (bicyclic) bond motifs is 2. The summed E-state index contributed by atoms with van der Waals surface area (Å²) < 4.78 is 48.2. The van der Waals surface area contributed by atoms with Gasteiger partial charge in [-0.15, -0.1) is 0 Å². The van der Waals surface area contributed by atoms with Crippen LogP contribution in [0.1, 0.15) is 12.6 Å². The zero-order valence-electron chi connectivity index (χ0n) is 23.0. The van der Waals surface area contributed by atoms with Crippen molar-refractivity contribution >= 4 is 39.7 Å². The van der Waals surface area contributed by atoms with Crippen LogP contribution in [0.4, 0.5) is 25.1 Å². The number of methoxy groups -OCH3 is 2. The Morgan fingerprint density at radius 1 is 0.976 bits per heavy atom. The first kappa shape index (κ1) is 31.8. The molecule has 2 aromatic heterocycles. The van der Waals surface area contributed by atoms with Crippen molar-refractivity contribution in [3.05, 3.63) is 36.0 Å². The largest absolute Gasteiger partial charge is 0.493 e. The molecule has 0 amide bonds. The van der Waals surface area contributed by atoms with Crippen LogP contribution in [-0.4, -0.2) is 87.4 Å². The number of aryl methyl sites for hydroxylation is 1. The van der Waals surface area contributed by atoms with Crippen LogP contribution < -0.4 is 24.8 Å². The van der Waals surface area contributed by atoms with E-state index in [1.165, 1.54) is 0 Å². The summed E-state index contributed by atoms with van der Waals surface area (Å²) >= 11 is 0. The van der Waals surface area contributed by atoms with Crippen molar-refractivity contribution in [2.75, 3.05) is 39.3 Å². The van der Waals surface area contributed by atoms with Gasteiger partial charge >= 0.3 is 12.1 Å². The lowest BCUT2D eigenvalue weighted by molar-refractivity contribution is -0.192. The lowest BCUT2D eigenvalue weighted by atomic mass is 10.1. The second-order valence-corrected chi connectivity index (χ2v) is 8.72. The van der Waals surface area contributed by atoms with E-state index in [1.807, 2.05) is 19.9 Å². The topological polar surface area (TPSA) is 181 Å². The maximum absolute atomic E-state index is 10.6. The van der Waals surface area contributed by atoms with Gasteiger partial charge < -0.3 is 34.8 Å². The average molecular weight is 595 g/mol. The fourth-order valence-electron chi connectivity index (χ4n) is 3.54. The smallest absolute Gasteiger partial charge is 0.490 e. The van der Waals surface area contributed by atoms with Crippen molar-refractivity contribution in [1.29, 1.82) is 0 Å². The zero-order chi connectivity index (χ0) is 31.0. The number of carbonyl (C=O) groups is 1. The number of carboxylic acid groups (broad SMARTS) is 1. The molecule has 0 aliphatic carbocycles. The lowest BCUT2D eigenvalue weighted by Gasteiger charge is -2.13.